The molecule has 2 aliphatic rings. The highest BCUT2D eigenvalue weighted by molar-refractivity contribution is 8.03. The fourth-order valence-electron chi connectivity index (χ4n) is 13.3. The van der Waals surface area contributed by atoms with E-state index in [0.717, 1.165) is 89.3 Å². The summed E-state index contributed by atoms with van der Waals surface area (Å²) in [6.07, 6.45) is 57.0. The Labute approximate surface area is 555 Å². The molecule has 2 aliphatic heterocycles. The van der Waals surface area contributed by atoms with Gasteiger partial charge in [-0.05, 0) is 55.8 Å². The molecule has 0 aliphatic carbocycles. The lowest BCUT2D eigenvalue weighted by Gasteiger charge is -2.50. The van der Waals surface area contributed by atoms with Crippen LogP contribution in [-0.4, -0.2) is 89.9 Å². The molecule has 2 fully saturated rings. The average Bonchev–Trinajstić information content (AvgIpc) is 2.15. The predicted molar refractivity (Wildman–Crippen MR) is 392 cm³/mol. The summed E-state index contributed by atoms with van der Waals surface area (Å²) in [5.74, 6) is 17.4. The Morgan fingerprint density at radius 1 is 0.466 bits per heavy atom. The Balaban J connectivity index is 0.0000387. The Bertz CT molecular complexity index is 1810. The van der Waals surface area contributed by atoms with Crippen molar-refractivity contribution in [2.75, 3.05) is 46.1 Å². The molecule has 0 N–H and O–H groups in total. The second kappa shape index (κ2) is 58.6. The first kappa shape index (κ1) is 83.9. The van der Waals surface area contributed by atoms with Crippen molar-refractivity contribution in [3.63, 3.8) is 0 Å². The minimum Gasteiger partial charge on any atom is -0.497 e. The maximum Gasteiger partial charge on any atom is 0.150 e. The van der Waals surface area contributed by atoms with Crippen LogP contribution in [0, 0.1) is 41.4 Å². The molecular weight excluding hydrogens is 1090 g/mol. The second-order valence-electron chi connectivity index (χ2n) is 27.4. The van der Waals surface area contributed by atoms with Crippen LogP contribution in [0.2, 0.25) is 0 Å². The SMILES string of the molecule is C.C=C(CC(C(=C)OCC(C#CCCCCC)CCCCCC)N1CCN2CN(C(CC(=C)SC(CCCCCCC)CCCCCCCCCC)C(=O)CC(CCCCC)CCCCCCC)CCC2C1)OCC(C#CCCCCC)CCCCCC. The van der Waals surface area contributed by atoms with Crippen molar-refractivity contribution in [1.82, 2.24) is 14.7 Å². The highest BCUT2D eigenvalue weighted by Gasteiger charge is 2.39. The number of hydrogen-bond acceptors (Lipinski definition) is 7. The third-order valence-corrected chi connectivity index (χ3v) is 20.5. The molecule has 6 nitrogen and oxygen atoms in total. The number of nitrogens with zero attached hydrogens (tertiary/aromatic N) is 3. The van der Waals surface area contributed by atoms with E-state index in [1.165, 1.54) is 255 Å². The summed E-state index contributed by atoms with van der Waals surface area (Å²) in [4.78, 5) is 24.5. The lowest BCUT2D eigenvalue weighted by Crippen LogP contribution is -2.63. The summed E-state index contributed by atoms with van der Waals surface area (Å²) >= 11 is 2.07. The number of Topliss-reactive ketones (excluding diaryl/α,β-unsaturated/α-hetero) is 1. The largest absolute Gasteiger partial charge is 0.497 e. The molecule has 0 spiro atoms. The van der Waals surface area contributed by atoms with Crippen LogP contribution in [0.25, 0.3) is 0 Å². The number of carbonyl (C=O) groups excluding carboxylic acids is 1. The van der Waals surface area contributed by atoms with Crippen LogP contribution in [0.5, 0.6) is 0 Å². The fourth-order valence-corrected chi connectivity index (χ4v) is 14.6. The van der Waals surface area contributed by atoms with Crippen molar-refractivity contribution in [1.29, 1.82) is 0 Å². The molecule has 0 amide bonds. The molecule has 0 saturated carbocycles. The Kier molecular flexibility index (Phi) is 55.9. The highest BCUT2D eigenvalue weighted by atomic mass is 32.2. The molecule has 512 valence electrons. The van der Waals surface area contributed by atoms with E-state index in [1.807, 2.05) is 0 Å². The Morgan fingerprint density at radius 3 is 1.40 bits per heavy atom. The minimum absolute atomic E-state index is 0. The van der Waals surface area contributed by atoms with E-state index >= 15 is 4.79 Å². The van der Waals surface area contributed by atoms with E-state index in [-0.39, 0.29) is 31.3 Å². The molecule has 0 aromatic rings. The first-order valence-electron chi connectivity index (χ1n) is 38.2. The van der Waals surface area contributed by atoms with Crippen molar-refractivity contribution in [2.45, 2.75) is 388 Å². The van der Waals surface area contributed by atoms with Gasteiger partial charge in [-0.1, -0.05) is 319 Å². The zero-order valence-corrected chi connectivity index (χ0v) is 60.1. The smallest absolute Gasteiger partial charge is 0.150 e. The number of thioether (sulfide) groups is 1. The molecule has 7 atom stereocenters. The molecule has 2 saturated heterocycles. The summed E-state index contributed by atoms with van der Waals surface area (Å²) in [6.45, 7) is 38.4. The zero-order chi connectivity index (χ0) is 63.2. The van der Waals surface area contributed by atoms with Crippen LogP contribution in [0.4, 0.5) is 0 Å². The van der Waals surface area contributed by atoms with Gasteiger partial charge in [-0.3, -0.25) is 19.5 Å². The van der Waals surface area contributed by atoms with E-state index in [0.29, 0.717) is 42.6 Å². The quantitative estimate of drug-likeness (QED) is 0.0342. The Hall–Kier alpha value is -2.16. The van der Waals surface area contributed by atoms with Gasteiger partial charge >= 0.3 is 0 Å². The van der Waals surface area contributed by atoms with Gasteiger partial charge in [0.1, 0.15) is 19.0 Å². The fraction of sp³-hybridized carbons (Fsp3) is 0.864. The number of fused-ring (bicyclic) bond motifs is 1. The molecular formula is C81H149N3O3S. The van der Waals surface area contributed by atoms with Crippen molar-refractivity contribution < 1.29 is 14.3 Å². The summed E-state index contributed by atoms with van der Waals surface area (Å²) in [5.41, 5.74) is 0. The lowest BCUT2D eigenvalue weighted by atomic mass is 9.87. The first-order chi connectivity index (χ1) is 42.6. The highest BCUT2D eigenvalue weighted by Crippen LogP contribution is 2.36. The monoisotopic (exact) mass is 1240 g/mol. The van der Waals surface area contributed by atoms with E-state index in [1.54, 1.807) is 0 Å². The van der Waals surface area contributed by atoms with Gasteiger partial charge in [0.05, 0.1) is 36.3 Å². The van der Waals surface area contributed by atoms with Crippen molar-refractivity contribution >= 4 is 17.5 Å². The molecule has 2 rings (SSSR count). The minimum atomic E-state index is -0.117. The van der Waals surface area contributed by atoms with Gasteiger partial charge in [0.2, 0.25) is 0 Å². The summed E-state index contributed by atoms with van der Waals surface area (Å²) in [7, 11) is 0. The van der Waals surface area contributed by atoms with Crippen molar-refractivity contribution in [3.05, 3.63) is 36.2 Å². The van der Waals surface area contributed by atoms with Crippen molar-refractivity contribution in [2.24, 2.45) is 17.8 Å². The van der Waals surface area contributed by atoms with Crippen LogP contribution < -0.4 is 0 Å². The van der Waals surface area contributed by atoms with Crippen LogP contribution in [-0.2, 0) is 14.3 Å². The van der Waals surface area contributed by atoms with Crippen LogP contribution in [0.1, 0.15) is 365 Å². The van der Waals surface area contributed by atoms with E-state index < -0.39 is 0 Å². The van der Waals surface area contributed by atoms with E-state index in [9.17, 15) is 0 Å². The molecule has 7 unspecified atom stereocenters. The summed E-state index contributed by atoms with van der Waals surface area (Å²) < 4.78 is 13.6. The second-order valence-corrected chi connectivity index (χ2v) is 28.9. The predicted octanol–water partition coefficient (Wildman–Crippen LogP) is 24.2. The average molecular weight is 1250 g/mol. The molecule has 88 heavy (non-hydrogen) atoms. The number of piperazine rings is 1. The number of ketones is 1. The summed E-state index contributed by atoms with van der Waals surface area (Å²) in [6, 6.07) is 0.219. The summed E-state index contributed by atoms with van der Waals surface area (Å²) in [5, 5.41) is 0.595. The van der Waals surface area contributed by atoms with Crippen LogP contribution in [0.3, 0.4) is 0 Å². The normalized spacial score (nSPS) is 16.6. The van der Waals surface area contributed by atoms with Crippen molar-refractivity contribution in [3.8, 4) is 23.7 Å². The van der Waals surface area contributed by atoms with Gasteiger partial charge in [-0.25, -0.2) is 0 Å². The topological polar surface area (TPSA) is 45.2 Å². The molecule has 0 radical (unpaired) electrons. The molecule has 0 aromatic heterocycles. The van der Waals surface area contributed by atoms with Gasteiger partial charge in [0.25, 0.3) is 0 Å². The van der Waals surface area contributed by atoms with Gasteiger partial charge < -0.3 is 9.47 Å². The van der Waals surface area contributed by atoms with Crippen LogP contribution >= 0.6 is 11.8 Å². The number of unbranched alkanes of at least 4 members (excludes halogenated alkanes) is 29. The number of carbonyl (C=O) groups is 1. The molecule has 0 bridgehead atoms. The lowest BCUT2D eigenvalue weighted by molar-refractivity contribution is -0.128. The molecule has 7 heteroatoms. The van der Waals surface area contributed by atoms with E-state index in [2.05, 4.69) is 112 Å². The Morgan fingerprint density at radius 2 is 0.886 bits per heavy atom. The van der Waals surface area contributed by atoms with E-state index in [4.69, 9.17) is 22.6 Å². The maximum atomic E-state index is 15.3. The van der Waals surface area contributed by atoms with Gasteiger partial charge in [0, 0.05) is 69.6 Å². The third-order valence-electron chi connectivity index (χ3n) is 19.2. The number of ether oxygens (including phenoxy) is 2. The number of hydrogen-bond donors (Lipinski definition) is 0. The van der Waals surface area contributed by atoms with Gasteiger partial charge in [-0.2, -0.15) is 0 Å². The number of rotatable bonds is 59. The zero-order valence-electron chi connectivity index (χ0n) is 59.3. The van der Waals surface area contributed by atoms with Gasteiger partial charge in [-0.15, -0.1) is 23.6 Å². The first-order valence-corrected chi connectivity index (χ1v) is 39.1. The standard InChI is InChI=1S/C80H145N3O3S.CH4/c1-12-20-28-35-36-37-42-50-58-77(57-49-41-32-24-16-5)87-71(10)64-79(80(84)65-73(51-43-27-19-8)52-46-38-29-21-13-2)83-60-59-76-66-81(61-62-82(76)69-83)78(72(11)86-68-75(54-45-34-26-18-7)56-48-40-31-23-15-4)63-70(9)85-67-74(53-44-33-25-17-6)55-47-39-30-22-14-3;/h73-79H,9-46,49-54,57-69H2,1-8H3;1H4. The third kappa shape index (κ3) is 42.1. The molecule has 2 heterocycles. The maximum absolute atomic E-state index is 15.3. The molecule has 0 aromatic carbocycles. The van der Waals surface area contributed by atoms with Crippen LogP contribution in [0.15, 0.2) is 36.2 Å². The van der Waals surface area contributed by atoms with Gasteiger partial charge in [0.15, 0.2) is 5.78 Å².